The van der Waals surface area contributed by atoms with E-state index in [-0.39, 0.29) is 19.2 Å². The highest BCUT2D eigenvalue weighted by Crippen LogP contribution is 2.34. The zero-order valence-electron chi connectivity index (χ0n) is 8.99. The summed E-state index contributed by atoms with van der Waals surface area (Å²) >= 11 is 0. The quantitative estimate of drug-likeness (QED) is 0.813. The van der Waals surface area contributed by atoms with Gasteiger partial charge in [-0.25, -0.2) is 0 Å². The number of hydrogen-bond acceptors (Lipinski definition) is 4. The van der Waals surface area contributed by atoms with Crippen molar-refractivity contribution in [3.63, 3.8) is 0 Å². The second kappa shape index (κ2) is 5.72. The van der Waals surface area contributed by atoms with E-state index in [9.17, 15) is 4.79 Å². The monoisotopic (exact) mass is 243 g/mol. The summed E-state index contributed by atoms with van der Waals surface area (Å²) in [5.74, 6) is 1.39. The van der Waals surface area contributed by atoms with Crippen LogP contribution in [-0.4, -0.2) is 26.7 Å². The highest BCUT2D eigenvalue weighted by atomic mass is 35.5. The van der Waals surface area contributed by atoms with Crippen LogP contribution in [-0.2, 0) is 6.42 Å². The van der Waals surface area contributed by atoms with Crippen LogP contribution in [0.5, 0.6) is 11.5 Å². The van der Waals surface area contributed by atoms with E-state index in [4.69, 9.17) is 9.47 Å². The van der Waals surface area contributed by atoms with Gasteiger partial charge in [-0.05, 0) is 37.7 Å². The molecule has 0 radical (unpaired) electrons. The van der Waals surface area contributed by atoms with Crippen LogP contribution < -0.4 is 14.8 Å². The fourth-order valence-electron chi connectivity index (χ4n) is 1.59. The standard InChI is InChI=1S/C11H13NO3.ClH/c1-12-3-2-8-4-10-11(15-7-14-10)5-9(8)6-13;/h4-6,12H,2-3,7H2,1H3;1H. The van der Waals surface area contributed by atoms with E-state index in [0.29, 0.717) is 11.3 Å². The van der Waals surface area contributed by atoms with Gasteiger partial charge in [-0.1, -0.05) is 0 Å². The Morgan fingerprint density at radius 1 is 1.38 bits per heavy atom. The maximum Gasteiger partial charge on any atom is 0.231 e. The largest absolute Gasteiger partial charge is 0.454 e. The maximum absolute atomic E-state index is 10.9. The van der Waals surface area contributed by atoms with Crippen LogP contribution >= 0.6 is 12.4 Å². The number of aldehydes is 1. The predicted molar refractivity (Wildman–Crippen MR) is 62.8 cm³/mol. The fraction of sp³-hybridized carbons (Fsp3) is 0.364. The Morgan fingerprint density at radius 2 is 2.06 bits per heavy atom. The SMILES string of the molecule is CNCCc1cc2c(cc1C=O)OCO2.Cl. The van der Waals surface area contributed by atoms with Crippen molar-refractivity contribution >= 4 is 18.7 Å². The van der Waals surface area contributed by atoms with E-state index in [1.54, 1.807) is 6.07 Å². The van der Waals surface area contributed by atoms with Crippen molar-refractivity contribution < 1.29 is 14.3 Å². The summed E-state index contributed by atoms with van der Waals surface area (Å²) < 4.78 is 10.5. The Kier molecular flexibility index (Phi) is 4.58. The van der Waals surface area contributed by atoms with Crippen LogP contribution in [0.4, 0.5) is 0 Å². The summed E-state index contributed by atoms with van der Waals surface area (Å²) in [5.41, 5.74) is 1.66. The molecule has 0 spiro atoms. The minimum Gasteiger partial charge on any atom is -0.454 e. The van der Waals surface area contributed by atoms with Gasteiger partial charge in [-0.3, -0.25) is 4.79 Å². The number of likely N-dealkylation sites (N-methyl/N-ethyl adjacent to an activating group) is 1. The first-order chi connectivity index (χ1) is 7.35. The highest BCUT2D eigenvalue weighted by molar-refractivity contribution is 5.85. The molecule has 1 aromatic rings. The molecule has 1 aliphatic heterocycles. The van der Waals surface area contributed by atoms with Gasteiger partial charge in [0.25, 0.3) is 0 Å². The third kappa shape index (κ3) is 2.46. The summed E-state index contributed by atoms with van der Waals surface area (Å²) in [7, 11) is 1.88. The molecule has 0 amide bonds. The van der Waals surface area contributed by atoms with Gasteiger partial charge in [0.1, 0.15) is 6.29 Å². The van der Waals surface area contributed by atoms with E-state index >= 15 is 0 Å². The molecule has 4 nitrogen and oxygen atoms in total. The van der Waals surface area contributed by atoms with Gasteiger partial charge in [-0.15, -0.1) is 12.4 Å². The molecule has 1 N–H and O–H groups in total. The Hall–Kier alpha value is -1.26. The number of fused-ring (bicyclic) bond motifs is 1. The topological polar surface area (TPSA) is 47.6 Å². The van der Waals surface area contributed by atoms with Gasteiger partial charge < -0.3 is 14.8 Å². The first kappa shape index (κ1) is 12.8. The molecule has 5 heteroatoms. The number of hydrogen-bond donors (Lipinski definition) is 1. The first-order valence-electron chi connectivity index (χ1n) is 4.87. The number of halogens is 1. The second-order valence-electron chi connectivity index (χ2n) is 3.38. The van der Waals surface area contributed by atoms with Gasteiger partial charge in [0, 0.05) is 5.56 Å². The second-order valence-corrected chi connectivity index (χ2v) is 3.38. The van der Waals surface area contributed by atoms with Crippen molar-refractivity contribution in [3.05, 3.63) is 23.3 Å². The molecule has 0 saturated heterocycles. The molecular weight excluding hydrogens is 230 g/mol. The van der Waals surface area contributed by atoms with Crippen molar-refractivity contribution in [1.82, 2.24) is 5.32 Å². The zero-order valence-corrected chi connectivity index (χ0v) is 9.80. The lowest BCUT2D eigenvalue weighted by Gasteiger charge is -2.06. The Morgan fingerprint density at radius 3 is 2.69 bits per heavy atom. The number of rotatable bonds is 4. The Bertz CT molecular complexity index is 382. The van der Waals surface area contributed by atoms with E-state index in [2.05, 4.69) is 5.32 Å². The first-order valence-corrected chi connectivity index (χ1v) is 4.87. The molecule has 0 atom stereocenters. The fourth-order valence-corrected chi connectivity index (χ4v) is 1.59. The smallest absolute Gasteiger partial charge is 0.231 e. The van der Waals surface area contributed by atoms with E-state index in [1.165, 1.54) is 0 Å². The van der Waals surface area contributed by atoms with Gasteiger partial charge in [0.15, 0.2) is 11.5 Å². The minimum atomic E-state index is 0. The number of ether oxygens (including phenoxy) is 2. The summed E-state index contributed by atoms with van der Waals surface area (Å²) in [6, 6.07) is 3.61. The molecule has 0 fully saturated rings. The lowest BCUT2D eigenvalue weighted by Crippen LogP contribution is -2.11. The van der Waals surface area contributed by atoms with Crippen molar-refractivity contribution in [3.8, 4) is 11.5 Å². The molecule has 0 saturated carbocycles. The molecule has 1 aromatic carbocycles. The van der Waals surface area contributed by atoms with Crippen LogP contribution in [0.3, 0.4) is 0 Å². The Balaban J connectivity index is 0.00000128. The molecule has 0 aliphatic carbocycles. The van der Waals surface area contributed by atoms with Crippen molar-refractivity contribution in [2.45, 2.75) is 6.42 Å². The molecule has 0 aromatic heterocycles. The van der Waals surface area contributed by atoms with Crippen LogP contribution in [0.25, 0.3) is 0 Å². The van der Waals surface area contributed by atoms with Gasteiger partial charge in [-0.2, -0.15) is 0 Å². The van der Waals surface area contributed by atoms with Crippen LogP contribution in [0.1, 0.15) is 15.9 Å². The van der Waals surface area contributed by atoms with Crippen molar-refractivity contribution in [2.24, 2.45) is 0 Å². The number of nitrogens with one attached hydrogen (secondary N) is 1. The summed E-state index contributed by atoms with van der Waals surface area (Å²) in [6.45, 7) is 1.07. The summed E-state index contributed by atoms with van der Waals surface area (Å²) in [5, 5.41) is 3.05. The molecule has 88 valence electrons. The molecule has 1 aliphatic rings. The van der Waals surface area contributed by atoms with Crippen LogP contribution in [0, 0.1) is 0 Å². The zero-order chi connectivity index (χ0) is 10.7. The number of carbonyl (C=O) groups excluding carboxylic acids is 1. The molecule has 0 bridgehead atoms. The Labute approximate surface area is 100 Å². The molecular formula is C11H14ClNO3. The predicted octanol–water partition coefficient (Wildman–Crippen LogP) is 1.41. The van der Waals surface area contributed by atoms with Gasteiger partial charge in [0.2, 0.25) is 6.79 Å². The third-order valence-electron chi connectivity index (χ3n) is 2.41. The average Bonchev–Trinajstić information content (AvgIpc) is 2.71. The summed E-state index contributed by atoms with van der Waals surface area (Å²) in [6.07, 6.45) is 1.66. The van der Waals surface area contributed by atoms with Crippen LogP contribution in [0.15, 0.2) is 12.1 Å². The highest BCUT2D eigenvalue weighted by Gasteiger charge is 2.16. The number of carbonyl (C=O) groups is 1. The molecule has 16 heavy (non-hydrogen) atoms. The van der Waals surface area contributed by atoms with Crippen molar-refractivity contribution in [1.29, 1.82) is 0 Å². The van der Waals surface area contributed by atoms with Crippen molar-refractivity contribution in [2.75, 3.05) is 20.4 Å². The third-order valence-corrected chi connectivity index (χ3v) is 2.41. The lowest BCUT2D eigenvalue weighted by molar-refractivity contribution is 0.112. The lowest BCUT2D eigenvalue weighted by atomic mass is 10.0. The van der Waals surface area contributed by atoms with Gasteiger partial charge >= 0.3 is 0 Å². The van der Waals surface area contributed by atoms with E-state index in [0.717, 1.165) is 30.6 Å². The molecule has 2 rings (SSSR count). The number of benzene rings is 1. The van der Waals surface area contributed by atoms with Crippen LogP contribution in [0.2, 0.25) is 0 Å². The van der Waals surface area contributed by atoms with E-state index < -0.39 is 0 Å². The average molecular weight is 244 g/mol. The normalized spacial score (nSPS) is 12.1. The molecule has 1 heterocycles. The van der Waals surface area contributed by atoms with E-state index in [1.807, 2.05) is 13.1 Å². The minimum absolute atomic E-state index is 0. The van der Waals surface area contributed by atoms with Gasteiger partial charge in [0.05, 0.1) is 0 Å². The summed E-state index contributed by atoms with van der Waals surface area (Å²) in [4.78, 5) is 10.9. The maximum atomic E-state index is 10.9. The molecule has 0 unspecified atom stereocenters.